The van der Waals surface area contributed by atoms with Gasteiger partial charge >= 0.3 is 0 Å². The van der Waals surface area contributed by atoms with Gasteiger partial charge in [0.25, 0.3) is 0 Å². The van der Waals surface area contributed by atoms with Crippen LogP contribution in [0.4, 0.5) is 34.1 Å². The highest BCUT2D eigenvalue weighted by atomic mass is 15.1. The average Bonchev–Trinajstić information content (AvgIpc) is 3.78. The van der Waals surface area contributed by atoms with Gasteiger partial charge in [0.05, 0.1) is 5.69 Å². The monoisotopic (exact) mass is 896 g/mol. The first-order valence-corrected chi connectivity index (χ1v) is 24.6. The van der Waals surface area contributed by atoms with E-state index in [9.17, 15) is 0 Å². The third kappa shape index (κ3) is 6.62. The van der Waals surface area contributed by atoms with Gasteiger partial charge in [-0.05, 0) is 149 Å². The Morgan fingerprint density at radius 2 is 0.757 bits per heavy atom. The molecule has 0 radical (unpaired) electrons. The lowest BCUT2D eigenvalue weighted by Crippen LogP contribution is -2.18. The average molecular weight is 897 g/mol. The van der Waals surface area contributed by atoms with E-state index in [1.54, 1.807) is 0 Å². The summed E-state index contributed by atoms with van der Waals surface area (Å²) >= 11 is 0. The maximum Gasteiger partial charge on any atom is 0.0546 e. The molecule has 2 aliphatic carbocycles. The van der Waals surface area contributed by atoms with Crippen LogP contribution >= 0.6 is 0 Å². The first-order chi connectivity index (χ1) is 34.2. The van der Waals surface area contributed by atoms with Crippen molar-refractivity contribution in [3.8, 4) is 44.5 Å². The van der Waals surface area contributed by atoms with Crippen LogP contribution in [0.5, 0.6) is 0 Å². The molecule has 0 atom stereocenters. The molecule has 0 amide bonds. The molecule has 2 aliphatic rings. The van der Waals surface area contributed by atoms with Crippen LogP contribution in [0.2, 0.25) is 0 Å². The van der Waals surface area contributed by atoms with Crippen molar-refractivity contribution in [2.24, 2.45) is 0 Å². The van der Waals surface area contributed by atoms with Crippen molar-refractivity contribution in [1.82, 2.24) is 0 Å². The molecule has 0 fully saturated rings. The van der Waals surface area contributed by atoms with Crippen molar-refractivity contribution < 1.29 is 0 Å². The van der Waals surface area contributed by atoms with Crippen LogP contribution in [-0.2, 0) is 10.8 Å². The second-order valence-corrected chi connectivity index (χ2v) is 20.1. The zero-order valence-electron chi connectivity index (χ0n) is 40.0. The van der Waals surface area contributed by atoms with Crippen molar-refractivity contribution in [1.29, 1.82) is 0 Å². The van der Waals surface area contributed by atoms with Gasteiger partial charge < -0.3 is 9.80 Å². The van der Waals surface area contributed by atoms with E-state index >= 15 is 0 Å². The third-order valence-electron chi connectivity index (χ3n) is 15.4. The number of benzene rings is 11. The highest BCUT2D eigenvalue weighted by Crippen LogP contribution is 2.53. The molecule has 70 heavy (non-hydrogen) atoms. The second kappa shape index (κ2) is 16.1. The Kier molecular flexibility index (Phi) is 9.58. The van der Waals surface area contributed by atoms with Crippen LogP contribution in [-0.4, -0.2) is 0 Å². The normalized spacial score (nSPS) is 13.7. The number of hydrogen-bond donors (Lipinski definition) is 0. The summed E-state index contributed by atoms with van der Waals surface area (Å²) in [5.41, 5.74) is 22.0. The molecule has 11 aromatic carbocycles. The van der Waals surface area contributed by atoms with E-state index in [0.29, 0.717) is 0 Å². The summed E-state index contributed by atoms with van der Waals surface area (Å²) < 4.78 is 0. The lowest BCUT2D eigenvalue weighted by atomic mass is 9.82. The zero-order valence-corrected chi connectivity index (χ0v) is 40.0. The number of rotatable bonds is 8. The Balaban J connectivity index is 0.942. The van der Waals surface area contributed by atoms with E-state index in [4.69, 9.17) is 0 Å². The van der Waals surface area contributed by atoms with Crippen molar-refractivity contribution in [2.75, 3.05) is 9.80 Å². The topological polar surface area (TPSA) is 6.48 Å². The molecule has 0 saturated carbocycles. The summed E-state index contributed by atoms with van der Waals surface area (Å²) in [5.74, 6) is 0. The van der Waals surface area contributed by atoms with Crippen molar-refractivity contribution in [2.45, 2.75) is 38.5 Å². The lowest BCUT2D eigenvalue weighted by molar-refractivity contribution is 0.660. The molecule has 0 N–H and O–H groups in total. The van der Waals surface area contributed by atoms with E-state index in [0.717, 1.165) is 45.3 Å². The van der Waals surface area contributed by atoms with Crippen LogP contribution in [0, 0.1) is 0 Å². The van der Waals surface area contributed by atoms with Gasteiger partial charge in [0.2, 0.25) is 0 Å². The molecule has 0 heterocycles. The first kappa shape index (κ1) is 41.7. The van der Waals surface area contributed by atoms with Crippen LogP contribution < -0.4 is 9.80 Å². The minimum Gasteiger partial charge on any atom is -0.310 e. The van der Waals surface area contributed by atoms with Gasteiger partial charge in [-0.3, -0.25) is 0 Å². The van der Waals surface area contributed by atoms with E-state index in [1.165, 1.54) is 77.2 Å². The Hall–Kier alpha value is -8.46. The Bertz CT molecular complexity index is 3730. The molecular weight excluding hydrogens is 845 g/mol. The van der Waals surface area contributed by atoms with Gasteiger partial charge in [-0.15, -0.1) is 0 Å². The maximum absolute atomic E-state index is 2.48. The fraction of sp³-hybridized carbons (Fsp3) is 0.0882. The van der Waals surface area contributed by atoms with Gasteiger partial charge in [-0.1, -0.05) is 204 Å². The molecule has 334 valence electrons. The summed E-state index contributed by atoms with van der Waals surface area (Å²) in [6.45, 7) is 9.48. The van der Waals surface area contributed by atoms with Crippen molar-refractivity contribution in [3.63, 3.8) is 0 Å². The van der Waals surface area contributed by atoms with Gasteiger partial charge in [0.15, 0.2) is 0 Å². The fourth-order valence-electron chi connectivity index (χ4n) is 11.8. The highest BCUT2D eigenvalue weighted by Gasteiger charge is 2.38. The molecule has 11 aromatic rings. The largest absolute Gasteiger partial charge is 0.310 e. The molecule has 0 bridgehead atoms. The van der Waals surface area contributed by atoms with Gasteiger partial charge in [0.1, 0.15) is 0 Å². The number of anilines is 6. The lowest BCUT2D eigenvalue weighted by Gasteiger charge is -2.30. The van der Waals surface area contributed by atoms with Gasteiger partial charge in [-0.2, -0.15) is 0 Å². The van der Waals surface area contributed by atoms with E-state index in [2.05, 4.69) is 280 Å². The Labute approximate surface area is 411 Å². The number of hydrogen-bond acceptors (Lipinski definition) is 2. The van der Waals surface area contributed by atoms with Gasteiger partial charge in [0, 0.05) is 44.8 Å². The molecule has 2 heteroatoms. The van der Waals surface area contributed by atoms with E-state index in [1.807, 2.05) is 0 Å². The second-order valence-electron chi connectivity index (χ2n) is 20.1. The summed E-state index contributed by atoms with van der Waals surface area (Å²) in [6, 6.07) is 89.9. The third-order valence-corrected chi connectivity index (χ3v) is 15.4. The molecule has 0 unspecified atom stereocenters. The summed E-state index contributed by atoms with van der Waals surface area (Å²) in [6.07, 6.45) is 0. The Morgan fingerprint density at radius 1 is 0.271 bits per heavy atom. The molecule has 13 rings (SSSR count). The Morgan fingerprint density at radius 3 is 1.43 bits per heavy atom. The number of fused-ring (bicyclic) bond motifs is 8. The van der Waals surface area contributed by atoms with Crippen LogP contribution in [0.3, 0.4) is 0 Å². The minimum atomic E-state index is -0.131. The molecular formula is C68H52N2. The predicted octanol–water partition coefficient (Wildman–Crippen LogP) is 18.9. The van der Waals surface area contributed by atoms with Gasteiger partial charge in [-0.25, -0.2) is 0 Å². The van der Waals surface area contributed by atoms with Crippen LogP contribution in [0.1, 0.15) is 49.9 Å². The predicted molar refractivity (Wildman–Crippen MR) is 297 cm³/mol. The van der Waals surface area contributed by atoms with Crippen LogP contribution in [0.25, 0.3) is 66.1 Å². The van der Waals surface area contributed by atoms with Crippen LogP contribution in [0.15, 0.2) is 243 Å². The quantitative estimate of drug-likeness (QED) is 0.150. The summed E-state index contributed by atoms with van der Waals surface area (Å²) in [5, 5.41) is 4.87. The van der Waals surface area contributed by atoms with Crippen molar-refractivity contribution >= 4 is 55.7 Å². The van der Waals surface area contributed by atoms with E-state index < -0.39 is 0 Å². The standard InChI is InChI=1S/C68H52N2/c1-67(2)61-27-14-12-25-57(61)59-38-36-54(43-63(59)67)69(55-37-39-60-58-26-13-15-28-62(58)68(3,4)64(60)44-55)52-23-16-22-50(41-52)46-29-33-51(34-30-46)70(53-35-31-45-17-8-9-21-49(45)42-53)65-40-32-47-18-10-11-24-56(47)66(65)48-19-6-5-7-20-48/h5-44H,1-4H3. The number of nitrogens with zero attached hydrogens (tertiary/aromatic N) is 2. The summed E-state index contributed by atoms with van der Waals surface area (Å²) in [7, 11) is 0. The molecule has 0 aliphatic heterocycles. The zero-order chi connectivity index (χ0) is 47.1. The molecule has 2 nitrogen and oxygen atoms in total. The smallest absolute Gasteiger partial charge is 0.0546 e. The molecule has 0 spiro atoms. The minimum absolute atomic E-state index is 0.131. The van der Waals surface area contributed by atoms with Crippen molar-refractivity contribution in [3.05, 3.63) is 265 Å². The SMILES string of the molecule is CC1(C)c2ccccc2-c2ccc(N(c3cccc(-c4ccc(N(c5ccc6ccccc6c5)c5ccc6ccccc6c5-c5ccccc5)cc4)c3)c3ccc4c(c3)C(C)(C)c3ccccc3-4)cc21. The maximum atomic E-state index is 2.48. The first-order valence-electron chi connectivity index (χ1n) is 24.6. The van der Waals surface area contributed by atoms with E-state index in [-0.39, 0.29) is 10.8 Å². The molecule has 0 saturated heterocycles. The highest BCUT2D eigenvalue weighted by molar-refractivity contribution is 6.06. The molecule has 0 aromatic heterocycles. The fourth-order valence-corrected chi connectivity index (χ4v) is 11.8. The summed E-state index contributed by atoms with van der Waals surface area (Å²) in [4.78, 5) is 4.91.